The predicted molar refractivity (Wildman–Crippen MR) is 89.4 cm³/mol. The predicted octanol–water partition coefficient (Wildman–Crippen LogP) is 2.87. The number of nitrogens with one attached hydrogen (secondary N) is 1. The third kappa shape index (κ3) is 2.72. The van der Waals surface area contributed by atoms with Crippen LogP contribution in [0.5, 0.6) is 0 Å². The first-order valence-corrected chi connectivity index (χ1v) is 8.86. The lowest BCUT2D eigenvalue weighted by molar-refractivity contribution is -0.177. The van der Waals surface area contributed by atoms with E-state index in [1.54, 1.807) is 6.07 Å². The summed E-state index contributed by atoms with van der Waals surface area (Å²) in [6, 6.07) is 4.67. The fourth-order valence-corrected chi connectivity index (χ4v) is 4.09. The molecule has 2 aliphatic rings. The molecule has 1 N–H and O–H groups in total. The molecule has 0 aliphatic carbocycles. The number of likely N-dealkylation sites (tertiary alicyclic amines) is 1. The summed E-state index contributed by atoms with van der Waals surface area (Å²) in [5.74, 6) is 0.0743. The van der Waals surface area contributed by atoms with Crippen LogP contribution in [0.25, 0.3) is 11.0 Å². The van der Waals surface area contributed by atoms with Gasteiger partial charge in [0.15, 0.2) is 5.58 Å². The molecule has 24 heavy (non-hydrogen) atoms. The Bertz CT molecular complexity index is 703. The highest BCUT2D eigenvalue weighted by Gasteiger charge is 2.40. The normalized spacial score (nSPS) is 26.9. The van der Waals surface area contributed by atoms with Crippen LogP contribution in [0.2, 0.25) is 0 Å². The zero-order valence-electron chi connectivity index (χ0n) is 14.1. The molecule has 0 spiro atoms. The first-order valence-electron chi connectivity index (χ1n) is 8.86. The number of piperidine rings is 1. The molecule has 130 valence electrons. The van der Waals surface area contributed by atoms with Crippen molar-refractivity contribution in [3.63, 3.8) is 0 Å². The summed E-state index contributed by atoms with van der Waals surface area (Å²) in [6.07, 6.45) is 3.02. The van der Waals surface area contributed by atoms with E-state index in [2.05, 4.69) is 22.3 Å². The van der Waals surface area contributed by atoms with E-state index >= 15 is 0 Å². The summed E-state index contributed by atoms with van der Waals surface area (Å²) in [5.41, 5.74) is 1.34. The van der Waals surface area contributed by atoms with Crippen LogP contribution in [0.3, 0.4) is 0 Å². The molecule has 2 fully saturated rings. The molecule has 0 bridgehead atoms. The van der Waals surface area contributed by atoms with Crippen molar-refractivity contribution >= 4 is 11.0 Å². The third-order valence-electron chi connectivity index (χ3n) is 5.52. The molecule has 2 aromatic rings. The van der Waals surface area contributed by atoms with Crippen LogP contribution in [0.15, 0.2) is 22.7 Å². The summed E-state index contributed by atoms with van der Waals surface area (Å²) >= 11 is 0. The maximum absolute atomic E-state index is 13.3. The molecule has 0 amide bonds. The number of morpholine rings is 1. The third-order valence-corrected chi connectivity index (χ3v) is 5.52. The Balaban J connectivity index is 1.49. The molecule has 4 rings (SSSR count). The number of hydrogen-bond acceptors (Lipinski definition) is 5. The van der Waals surface area contributed by atoms with Crippen LogP contribution in [0, 0.1) is 5.82 Å². The van der Waals surface area contributed by atoms with E-state index in [9.17, 15) is 4.39 Å². The molecule has 1 unspecified atom stereocenters. The molecule has 3 heterocycles. The van der Waals surface area contributed by atoms with Crippen molar-refractivity contribution in [1.82, 2.24) is 15.4 Å². The van der Waals surface area contributed by atoms with E-state index in [-0.39, 0.29) is 11.5 Å². The number of aromatic nitrogens is 1. The first-order chi connectivity index (χ1) is 11.7. The Morgan fingerprint density at radius 1 is 1.38 bits per heavy atom. The molecule has 2 aliphatic heterocycles. The van der Waals surface area contributed by atoms with Gasteiger partial charge in [0.1, 0.15) is 11.5 Å². The minimum Gasteiger partial charge on any atom is -0.358 e. The van der Waals surface area contributed by atoms with E-state index in [0.29, 0.717) is 11.5 Å². The quantitative estimate of drug-likeness (QED) is 0.936. The molecule has 1 aromatic carbocycles. The highest BCUT2D eigenvalue weighted by molar-refractivity contribution is 5.79. The van der Waals surface area contributed by atoms with Crippen molar-refractivity contribution in [2.45, 2.75) is 37.8 Å². The lowest BCUT2D eigenvalue weighted by Gasteiger charge is -2.48. The van der Waals surface area contributed by atoms with E-state index in [0.717, 1.165) is 63.1 Å². The Kier molecular flexibility index (Phi) is 4.28. The highest BCUT2D eigenvalue weighted by Crippen LogP contribution is 2.36. The minimum absolute atomic E-state index is 0.168. The van der Waals surface area contributed by atoms with Gasteiger partial charge in [-0.25, -0.2) is 4.39 Å². The van der Waals surface area contributed by atoms with Crippen LogP contribution < -0.4 is 5.32 Å². The van der Waals surface area contributed by atoms with Crippen molar-refractivity contribution in [2.24, 2.45) is 0 Å². The van der Waals surface area contributed by atoms with Gasteiger partial charge in [0.25, 0.3) is 0 Å². The zero-order chi connectivity index (χ0) is 16.6. The zero-order valence-corrected chi connectivity index (χ0v) is 14.1. The first kappa shape index (κ1) is 16.0. The molecule has 2 saturated heterocycles. The van der Waals surface area contributed by atoms with Gasteiger partial charge in [-0.2, -0.15) is 0 Å². The second-order valence-corrected chi connectivity index (χ2v) is 6.79. The van der Waals surface area contributed by atoms with Crippen LogP contribution in [-0.4, -0.2) is 48.6 Å². The molecule has 6 heteroatoms. The number of fused-ring (bicyclic) bond motifs is 1. The number of hydrogen-bond donors (Lipinski definition) is 1. The van der Waals surface area contributed by atoms with Crippen molar-refractivity contribution < 1.29 is 13.7 Å². The second kappa shape index (κ2) is 6.43. The van der Waals surface area contributed by atoms with E-state index in [4.69, 9.17) is 9.26 Å². The molecule has 1 atom stereocenters. The van der Waals surface area contributed by atoms with Crippen molar-refractivity contribution in [1.29, 1.82) is 0 Å². The van der Waals surface area contributed by atoms with Crippen molar-refractivity contribution in [2.75, 3.05) is 32.8 Å². The van der Waals surface area contributed by atoms with E-state index in [1.165, 1.54) is 12.1 Å². The molecule has 5 nitrogen and oxygen atoms in total. The average Bonchev–Trinajstić information content (AvgIpc) is 3.05. The number of rotatable bonds is 3. The summed E-state index contributed by atoms with van der Waals surface area (Å²) in [4.78, 5) is 2.47. The van der Waals surface area contributed by atoms with E-state index < -0.39 is 0 Å². The van der Waals surface area contributed by atoms with Crippen LogP contribution in [-0.2, 0) is 4.74 Å². The van der Waals surface area contributed by atoms with Gasteiger partial charge in [-0.05, 0) is 31.4 Å². The smallest absolute Gasteiger partial charge is 0.170 e. The van der Waals surface area contributed by atoms with Gasteiger partial charge < -0.3 is 14.6 Å². The number of nitrogens with zero attached hydrogens (tertiary/aromatic N) is 2. The van der Waals surface area contributed by atoms with Gasteiger partial charge in [-0.3, -0.25) is 4.90 Å². The molecular weight excluding hydrogens is 309 g/mol. The van der Waals surface area contributed by atoms with E-state index in [1.807, 2.05) is 0 Å². The van der Waals surface area contributed by atoms with Crippen LogP contribution in [0.1, 0.15) is 37.8 Å². The minimum atomic E-state index is -0.285. The van der Waals surface area contributed by atoms with Crippen molar-refractivity contribution in [3.05, 3.63) is 29.7 Å². The molecule has 1 aromatic heterocycles. The summed E-state index contributed by atoms with van der Waals surface area (Å²) in [7, 11) is 0. The van der Waals surface area contributed by atoms with Crippen LogP contribution in [0.4, 0.5) is 4.39 Å². The largest absolute Gasteiger partial charge is 0.358 e. The lowest BCUT2D eigenvalue weighted by atomic mass is 9.90. The maximum atomic E-state index is 13.3. The molecular formula is C18H24FN3O2. The SMILES string of the molecule is CCC1(N2CCC(c3noc4cc(F)ccc34)CC2)CNCCO1. The Hall–Kier alpha value is -1.50. The van der Waals surface area contributed by atoms with Gasteiger partial charge in [0, 0.05) is 43.5 Å². The second-order valence-electron chi connectivity index (χ2n) is 6.79. The monoisotopic (exact) mass is 333 g/mol. The highest BCUT2D eigenvalue weighted by atomic mass is 19.1. The fraction of sp³-hybridized carbons (Fsp3) is 0.611. The fourth-order valence-electron chi connectivity index (χ4n) is 4.09. The van der Waals surface area contributed by atoms with Gasteiger partial charge >= 0.3 is 0 Å². The van der Waals surface area contributed by atoms with Gasteiger partial charge in [-0.1, -0.05) is 12.1 Å². The van der Waals surface area contributed by atoms with Gasteiger partial charge in [0.05, 0.1) is 12.3 Å². The average molecular weight is 333 g/mol. The van der Waals surface area contributed by atoms with Gasteiger partial charge in [0.2, 0.25) is 0 Å². The summed E-state index contributed by atoms with van der Waals surface area (Å²) in [6.45, 7) is 6.75. The Morgan fingerprint density at radius 3 is 2.92 bits per heavy atom. The van der Waals surface area contributed by atoms with Crippen molar-refractivity contribution in [3.8, 4) is 0 Å². The molecule has 0 radical (unpaired) electrons. The van der Waals surface area contributed by atoms with Crippen LogP contribution >= 0.6 is 0 Å². The Morgan fingerprint density at radius 2 is 2.21 bits per heavy atom. The number of ether oxygens (including phenoxy) is 1. The number of benzene rings is 1. The Labute approximate surface area is 141 Å². The number of halogens is 1. The standard InChI is InChI=1S/C18H24FN3O2/c1-2-18(12-20-7-10-23-18)22-8-5-13(6-9-22)17-15-4-3-14(19)11-16(15)24-21-17/h3-4,11,13,20H,2,5-10,12H2,1H3. The summed E-state index contributed by atoms with van der Waals surface area (Å²) in [5, 5.41) is 8.63. The maximum Gasteiger partial charge on any atom is 0.170 e. The lowest BCUT2D eigenvalue weighted by Crippen LogP contribution is -2.61. The summed E-state index contributed by atoms with van der Waals surface area (Å²) < 4.78 is 24.8. The van der Waals surface area contributed by atoms with Gasteiger partial charge in [-0.15, -0.1) is 0 Å². The molecule has 0 saturated carbocycles. The topological polar surface area (TPSA) is 50.5 Å².